The standard InChI is InChI=1S/C18H31NO2/c1-14(2)12-19-13-15-7-8-16(20-6)17(11-15)21-10-9-18(3,4)5/h7-8,11,14,19H,9-10,12-13H2,1-6H3. The summed E-state index contributed by atoms with van der Waals surface area (Å²) in [6.45, 7) is 13.7. The van der Waals surface area contributed by atoms with Crippen molar-refractivity contribution in [1.29, 1.82) is 0 Å². The predicted octanol–water partition coefficient (Wildman–Crippen LogP) is 4.26. The van der Waals surface area contributed by atoms with Gasteiger partial charge in [-0.1, -0.05) is 40.7 Å². The summed E-state index contributed by atoms with van der Waals surface area (Å²) in [4.78, 5) is 0. The monoisotopic (exact) mass is 293 g/mol. The summed E-state index contributed by atoms with van der Waals surface area (Å²) in [5.41, 5.74) is 1.51. The lowest BCUT2D eigenvalue weighted by molar-refractivity contribution is 0.234. The topological polar surface area (TPSA) is 30.5 Å². The second kappa shape index (κ2) is 8.28. The minimum atomic E-state index is 0.281. The van der Waals surface area contributed by atoms with E-state index in [4.69, 9.17) is 9.47 Å². The zero-order valence-electron chi connectivity index (χ0n) is 14.5. The molecule has 0 bridgehead atoms. The van der Waals surface area contributed by atoms with Gasteiger partial charge in [0.2, 0.25) is 0 Å². The van der Waals surface area contributed by atoms with Crippen molar-refractivity contribution < 1.29 is 9.47 Å². The van der Waals surface area contributed by atoms with E-state index in [9.17, 15) is 0 Å². The summed E-state index contributed by atoms with van der Waals surface area (Å²) in [5.74, 6) is 2.30. The minimum Gasteiger partial charge on any atom is -0.493 e. The first-order valence-electron chi connectivity index (χ1n) is 7.82. The van der Waals surface area contributed by atoms with E-state index in [1.165, 1.54) is 5.56 Å². The highest BCUT2D eigenvalue weighted by molar-refractivity contribution is 5.42. The molecule has 0 spiro atoms. The van der Waals surface area contributed by atoms with E-state index in [-0.39, 0.29) is 5.41 Å². The molecular weight excluding hydrogens is 262 g/mol. The molecule has 120 valence electrons. The Labute approximate surface area is 130 Å². The molecule has 0 amide bonds. The minimum absolute atomic E-state index is 0.281. The fourth-order valence-corrected chi connectivity index (χ4v) is 1.92. The number of hydrogen-bond acceptors (Lipinski definition) is 3. The molecule has 0 fully saturated rings. The second-order valence-corrected chi connectivity index (χ2v) is 7.17. The van der Waals surface area contributed by atoms with Crippen LogP contribution in [-0.4, -0.2) is 20.3 Å². The van der Waals surface area contributed by atoms with Crippen molar-refractivity contribution in [2.45, 2.75) is 47.6 Å². The Morgan fingerprint density at radius 1 is 1.14 bits per heavy atom. The van der Waals surface area contributed by atoms with Crippen LogP contribution >= 0.6 is 0 Å². The van der Waals surface area contributed by atoms with Gasteiger partial charge in [0.1, 0.15) is 0 Å². The summed E-state index contributed by atoms with van der Waals surface area (Å²) < 4.78 is 11.3. The first kappa shape index (κ1) is 17.8. The van der Waals surface area contributed by atoms with E-state index < -0.39 is 0 Å². The summed E-state index contributed by atoms with van der Waals surface area (Å²) in [7, 11) is 1.68. The van der Waals surface area contributed by atoms with E-state index in [0.717, 1.165) is 31.0 Å². The highest BCUT2D eigenvalue weighted by Crippen LogP contribution is 2.29. The van der Waals surface area contributed by atoms with Crippen molar-refractivity contribution in [3.8, 4) is 11.5 Å². The fraction of sp³-hybridized carbons (Fsp3) is 0.667. The van der Waals surface area contributed by atoms with Crippen LogP contribution < -0.4 is 14.8 Å². The van der Waals surface area contributed by atoms with Gasteiger partial charge in [-0.25, -0.2) is 0 Å². The molecule has 0 aromatic heterocycles. The van der Waals surface area contributed by atoms with Crippen LogP contribution in [0.2, 0.25) is 0 Å². The summed E-state index contributed by atoms with van der Waals surface area (Å²) in [5, 5.41) is 3.45. The summed E-state index contributed by atoms with van der Waals surface area (Å²) >= 11 is 0. The normalized spacial score (nSPS) is 11.8. The molecule has 0 unspecified atom stereocenters. The van der Waals surface area contributed by atoms with Gasteiger partial charge in [0.25, 0.3) is 0 Å². The Morgan fingerprint density at radius 3 is 2.43 bits per heavy atom. The maximum Gasteiger partial charge on any atom is 0.161 e. The molecule has 0 heterocycles. The first-order chi connectivity index (χ1) is 9.81. The maximum atomic E-state index is 5.92. The van der Waals surface area contributed by atoms with Crippen molar-refractivity contribution in [3.05, 3.63) is 23.8 Å². The Bertz CT molecular complexity index is 422. The molecule has 1 rings (SSSR count). The van der Waals surface area contributed by atoms with Gasteiger partial charge in [0.15, 0.2) is 11.5 Å². The summed E-state index contributed by atoms with van der Waals surface area (Å²) in [6.07, 6.45) is 1.02. The van der Waals surface area contributed by atoms with Crippen molar-refractivity contribution in [3.63, 3.8) is 0 Å². The van der Waals surface area contributed by atoms with Crippen LogP contribution in [0.1, 0.15) is 46.6 Å². The number of ether oxygens (including phenoxy) is 2. The Hall–Kier alpha value is -1.22. The van der Waals surface area contributed by atoms with Crippen LogP contribution in [0, 0.1) is 11.3 Å². The van der Waals surface area contributed by atoms with Crippen LogP contribution in [0.25, 0.3) is 0 Å². The van der Waals surface area contributed by atoms with Gasteiger partial charge in [0.05, 0.1) is 13.7 Å². The molecule has 0 saturated carbocycles. The van der Waals surface area contributed by atoms with E-state index in [2.05, 4.69) is 52.1 Å². The molecule has 0 atom stereocenters. The number of nitrogens with one attached hydrogen (secondary N) is 1. The lowest BCUT2D eigenvalue weighted by Crippen LogP contribution is -2.19. The van der Waals surface area contributed by atoms with E-state index in [1.54, 1.807) is 7.11 Å². The Balaban J connectivity index is 2.62. The molecule has 0 aliphatic rings. The lowest BCUT2D eigenvalue weighted by Gasteiger charge is -2.19. The number of rotatable bonds is 8. The number of benzene rings is 1. The van der Waals surface area contributed by atoms with Gasteiger partial charge in [0, 0.05) is 6.54 Å². The van der Waals surface area contributed by atoms with Gasteiger partial charge < -0.3 is 14.8 Å². The molecule has 1 aromatic carbocycles. The SMILES string of the molecule is COc1ccc(CNCC(C)C)cc1OCCC(C)(C)C. The molecule has 0 aliphatic carbocycles. The highest BCUT2D eigenvalue weighted by Gasteiger charge is 2.12. The van der Waals surface area contributed by atoms with Crippen molar-refractivity contribution in [1.82, 2.24) is 5.32 Å². The van der Waals surface area contributed by atoms with E-state index >= 15 is 0 Å². The smallest absolute Gasteiger partial charge is 0.161 e. The second-order valence-electron chi connectivity index (χ2n) is 7.17. The molecule has 21 heavy (non-hydrogen) atoms. The van der Waals surface area contributed by atoms with Crippen molar-refractivity contribution in [2.24, 2.45) is 11.3 Å². The quantitative estimate of drug-likeness (QED) is 0.777. The fourth-order valence-electron chi connectivity index (χ4n) is 1.92. The summed E-state index contributed by atoms with van der Waals surface area (Å²) in [6, 6.07) is 6.15. The van der Waals surface area contributed by atoms with Crippen LogP contribution in [-0.2, 0) is 6.54 Å². The van der Waals surface area contributed by atoms with Crippen molar-refractivity contribution in [2.75, 3.05) is 20.3 Å². The van der Waals surface area contributed by atoms with Crippen LogP contribution in [0.3, 0.4) is 0 Å². The molecule has 0 aliphatic heterocycles. The molecule has 3 heteroatoms. The zero-order chi connectivity index (χ0) is 15.9. The van der Waals surface area contributed by atoms with Crippen LogP contribution in [0.15, 0.2) is 18.2 Å². The van der Waals surface area contributed by atoms with Gasteiger partial charge in [-0.3, -0.25) is 0 Å². The van der Waals surface area contributed by atoms with Crippen LogP contribution in [0.5, 0.6) is 11.5 Å². The zero-order valence-corrected chi connectivity index (χ0v) is 14.5. The number of hydrogen-bond donors (Lipinski definition) is 1. The third kappa shape index (κ3) is 7.37. The first-order valence-corrected chi connectivity index (χ1v) is 7.82. The third-order valence-corrected chi connectivity index (χ3v) is 3.22. The van der Waals surface area contributed by atoms with E-state index in [1.807, 2.05) is 6.07 Å². The average molecular weight is 293 g/mol. The molecule has 3 nitrogen and oxygen atoms in total. The van der Waals surface area contributed by atoms with Gasteiger partial charge in [-0.05, 0) is 42.0 Å². The van der Waals surface area contributed by atoms with Gasteiger partial charge in [-0.15, -0.1) is 0 Å². The highest BCUT2D eigenvalue weighted by atomic mass is 16.5. The predicted molar refractivity (Wildman–Crippen MR) is 89.1 cm³/mol. The molecule has 1 aromatic rings. The van der Waals surface area contributed by atoms with Gasteiger partial charge in [-0.2, -0.15) is 0 Å². The molecule has 0 saturated heterocycles. The largest absolute Gasteiger partial charge is 0.493 e. The van der Waals surface area contributed by atoms with E-state index in [0.29, 0.717) is 12.5 Å². The lowest BCUT2D eigenvalue weighted by atomic mass is 9.93. The molecule has 1 N–H and O–H groups in total. The van der Waals surface area contributed by atoms with Gasteiger partial charge >= 0.3 is 0 Å². The Morgan fingerprint density at radius 2 is 1.86 bits per heavy atom. The van der Waals surface area contributed by atoms with Crippen LogP contribution in [0.4, 0.5) is 0 Å². The maximum absolute atomic E-state index is 5.92. The van der Waals surface area contributed by atoms with Crippen molar-refractivity contribution >= 4 is 0 Å². The third-order valence-electron chi connectivity index (χ3n) is 3.22. The average Bonchev–Trinajstić information content (AvgIpc) is 2.37. The molecular formula is C18H31NO2. The Kier molecular flexibility index (Phi) is 7.03. The number of methoxy groups -OCH3 is 1. The molecule has 0 radical (unpaired) electrons.